The predicted octanol–water partition coefficient (Wildman–Crippen LogP) is 4.10. The van der Waals surface area contributed by atoms with Gasteiger partial charge in [0, 0.05) is 26.2 Å². The number of imide groups is 1. The number of ether oxygens (including phenoxy) is 2. The van der Waals surface area contributed by atoms with Crippen molar-refractivity contribution >= 4 is 18.0 Å². The number of methoxy groups -OCH3 is 2. The van der Waals surface area contributed by atoms with Crippen LogP contribution in [0.2, 0.25) is 0 Å². The highest BCUT2D eigenvalue weighted by Crippen LogP contribution is 2.38. The van der Waals surface area contributed by atoms with E-state index in [1.54, 1.807) is 0 Å². The number of hydrogen-bond donors (Lipinski definition) is 2. The number of amides is 4. The Balaban J connectivity index is 1.27. The van der Waals surface area contributed by atoms with E-state index in [-0.39, 0.29) is 29.5 Å². The summed E-state index contributed by atoms with van der Waals surface area (Å²) in [5.41, 5.74) is 1.76. The standard InChI is InChI=1S/C31H33F2N5O5/c1-42-17-26-27(29(39)43-2)28(19-9-12-24(32)25(33)13-19)38(31(41)36-26)30(40)35-21-15-37(16-21)22-10-7-18(8-11-22)23-6-4-3-5-20(23)14-34/h3-6,9,12-13,18,21-22,28H,7-8,10-11,15-17H2,1-2H3,(H,35,40)(H,36,41)/t18-,22-,28-/m0/s1. The number of likely N-dealkylation sites (tertiary alicyclic amines) is 1. The van der Waals surface area contributed by atoms with Gasteiger partial charge in [-0.3, -0.25) is 4.90 Å². The molecule has 5 rings (SSSR count). The van der Waals surface area contributed by atoms with Gasteiger partial charge in [0.25, 0.3) is 0 Å². The second-order valence-electron chi connectivity index (χ2n) is 11.0. The molecule has 2 N–H and O–H groups in total. The van der Waals surface area contributed by atoms with E-state index in [1.165, 1.54) is 13.2 Å². The van der Waals surface area contributed by atoms with Gasteiger partial charge in [0.1, 0.15) is 6.04 Å². The molecule has 226 valence electrons. The van der Waals surface area contributed by atoms with E-state index in [0.717, 1.165) is 61.0 Å². The Labute approximate surface area is 248 Å². The number of urea groups is 2. The van der Waals surface area contributed by atoms with Crippen molar-refractivity contribution in [3.05, 3.63) is 82.1 Å². The maximum Gasteiger partial charge on any atom is 0.338 e. The van der Waals surface area contributed by atoms with E-state index in [9.17, 15) is 28.4 Å². The molecule has 4 amide bonds. The minimum atomic E-state index is -1.39. The molecule has 1 saturated heterocycles. The molecule has 0 aromatic heterocycles. The summed E-state index contributed by atoms with van der Waals surface area (Å²) in [5, 5.41) is 14.8. The third-order valence-electron chi connectivity index (χ3n) is 8.48. The van der Waals surface area contributed by atoms with Crippen molar-refractivity contribution in [2.45, 2.75) is 49.7 Å². The maximum atomic E-state index is 14.3. The molecule has 2 aromatic carbocycles. The molecule has 1 saturated carbocycles. The minimum Gasteiger partial charge on any atom is -0.466 e. The Morgan fingerprint density at radius 2 is 1.79 bits per heavy atom. The van der Waals surface area contributed by atoms with Gasteiger partial charge in [-0.2, -0.15) is 5.26 Å². The van der Waals surface area contributed by atoms with E-state index in [4.69, 9.17) is 9.47 Å². The first-order valence-corrected chi connectivity index (χ1v) is 14.1. The van der Waals surface area contributed by atoms with Gasteiger partial charge in [-0.05, 0) is 60.9 Å². The van der Waals surface area contributed by atoms with Gasteiger partial charge in [0.05, 0.1) is 42.7 Å². The fourth-order valence-corrected chi connectivity index (χ4v) is 6.33. The smallest absolute Gasteiger partial charge is 0.338 e. The van der Waals surface area contributed by atoms with Crippen LogP contribution in [0.25, 0.3) is 0 Å². The molecule has 2 fully saturated rings. The lowest BCUT2D eigenvalue weighted by atomic mass is 9.79. The largest absolute Gasteiger partial charge is 0.466 e. The quantitative estimate of drug-likeness (QED) is 0.464. The molecule has 1 atom stereocenters. The zero-order chi connectivity index (χ0) is 30.7. The molecular formula is C31H33F2N5O5. The first kappa shape index (κ1) is 30.1. The Kier molecular flexibility index (Phi) is 9.03. The van der Waals surface area contributed by atoms with Crippen LogP contribution in [-0.4, -0.2) is 73.8 Å². The van der Waals surface area contributed by atoms with Crippen LogP contribution in [-0.2, 0) is 14.3 Å². The van der Waals surface area contributed by atoms with Crippen LogP contribution in [0.15, 0.2) is 53.7 Å². The molecule has 0 spiro atoms. The van der Waals surface area contributed by atoms with E-state index in [0.29, 0.717) is 25.0 Å². The summed E-state index contributed by atoms with van der Waals surface area (Å²) in [6.07, 6.45) is 3.86. The highest BCUT2D eigenvalue weighted by molar-refractivity contribution is 6.01. The molecule has 12 heteroatoms. The molecular weight excluding hydrogens is 560 g/mol. The number of nitrogens with zero attached hydrogens (tertiary/aromatic N) is 3. The predicted molar refractivity (Wildman–Crippen MR) is 150 cm³/mol. The summed E-state index contributed by atoms with van der Waals surface area (Å²) in [7, 11) is 2.50. The maximum absolute atomic E-state index is 14.3. The first-order chi connectivity index (χ1) is 20.7. The molecule has 0 bridgehead atoms. The van der Waals surface area contributed by atoms with E-state index in [1.807, 2.05) is 24.3 Å². The van der Waals surface area contributed by atoms with Crippen molar-refractivity contribution in [2.24, 2.45) is 0 Å². The summed E-state index contributed by atoms with van der Waals surface area (Å²) < 4.78 is 38.1. The van der Waals surface area contributed by atoms with Crippen LogP contribution in [0.4, 0.5) is 18.4 Å². The fraction of sp³-hybridized carbons (Fsp3) is 0.419. The van der Waals surface area contributed by atoms with Crippen LogP contribution >= 0.6 is 0 Å². The summed E-state index contributed by atoms with van der Waals surface area (Å²) in [5.74, 6) is -2.82. The number of halogens is 2. The lowest BCUT2D eigenvalue weighted by molar-refractivity contribution is -0.137. The molecule has 43 heavy (non-hydrogen) atoms. The number of rotatable bonds is 7. The molecule has 2 aliphatic heterocycles. The number of benzene rings is 2. The SMILES string of the molecule is COCC1=C(C(=O)OC)[C@H](c2ccc(F)c(F)c2)N(C(=O)NC2CN([C@H]3CC[C@H](c4ccccc4C#N)CC3)C2)C(=O)N1. The molecule has 1 aliphatic carbocycles. The van der Waals surface area contributed by atoms with Crippen molar-refractivity contribution in [1.29, 1.82) is 5.26 Å². The molecule has 2 aromatic rings. The van der Waals surface area contributed by atoms with Crippen LogP contribution in [0.1, 0.15) is 54.3 Å². The van der Waals surface area contributed by atoms with Crippen LogP contribution < -0.4 is 10.6 Å². The van der Waals surface area contributed by atoms with Gasteiger partial charge in [0.2, 0.25) is 0 Å². The topological polar surface area (TPSA) is 124 Å². The number of carbonyl (C=O) groups is 3. The van der Waals surface area contributed by atoms with Crippen molar-refractivity contribution in [1.82, 2.24) is 20.4 Å². The number of hydrogen-bond acceptors (Lipinski definition) is 7. The molecule has 0 radical (unpaired) electrons. The van der Waals surface area contributed by atoms with E-state index in [2.05, 4.69) is 21.6 Å². The van der Waals surface area contributed by atoms with Crippen molar-refractivity contribution in [3.8, 4) is 6.07 Å². The normalized spacial score (nSPS) is 22.8. The van der Waals surface area contributed by atoms with Crippen LogP contribution in [0, 0.1) is 23.0 Å². The Morgan fingerprint density at radius 1 is 1.07 bits per heavy atom. The van der Waals surface area contributed by atoms with Crippen LogP contribution in [0.3, 0.4) is 0 Å². The lowest BCUT2D eigenvalue weighted by Crippen LogP contribution is -2.65. The zero-order valence-electron chi connectivity index (χ0n) is 23.9. The summed E-state index contributed by atoms with van der Waals surface area (Å²) in [6, 6.07) is 10.0. The van der Waals surface area contributed by atoms with Gasteiger partial charge in [-0.1, -0.05) is 24.3 Å². The Morgan fingerprint density at radius 3 is 2.44 bits per heavy atom. The van der Waals surface area contributed by atoms with Gasteiger partial charge >= 0.3 is 18.0 Å². The van der Waals surface area contributed by atoms with Crippen LogP contribution in [0.5, 0.6) is 0 Å². The molecule has 0 unspecified atom stereocenters. The first-order valence-electron chi connectivity index (χ1n) is 14.1. The number of nitrogens with one attached hydrogen (secondary N) is 2. The zero-order valence-corrected chi connectivity index (χ0v) is 23.9. The average molecular weight is 594 g/mol. The third-order valence-corrected chi connectivity index (χ3v) is 8.48. The fourth-order valence-electron chi connectivity index (χ4n) is 6.33. The second-order valence-corrected chi connectivity index (χ2v) is 11.0. The minimum absolute atomic E-state index is 0.0165. The Bertz CT molecular complexity index is 1480. The van der Waals surface area contributed by atoms with E-state index < -0.39 is 35.7 Å². The van der Waals surface area contributed by atoms with Gasteiger partial charge in [-0.25, -0.2) is 28.1 Å². The molecule has 10 nitrogen and oxygen atoms in total. The number of carbonyl (C=O) groups excluding carboxylic acids is 3. The monoisotopic (exact) mass is 593 g/mol. The van der Waals surface area contributed by atoms with Gasteiger partial charge in [-0.15, -0.1) is 0 Å². The molecule has 2 heterocycles. The van der Waals surface area contributed by atoms with Gasteiger partial charge in [0.15, 0.2) is 11.6 Å². The third kappa shape index (κ3) is 6.09. The second kappa shape index (κ2) is 12.9. The number of nitriles is 1. The molecule has 3 aliphatic rings. The summed E-state index contributed by atoms with van der Waals surface area (Å²) >= 11 is 0. The van der Waals surface area contributed by atoms with E-state index >= 15 is 0 Å². The highest BCUT2D eigenvalue weighted by atomic mass is 19.2. The Hall–Kier alpha value is -4.34. The van der Waals surface area contributed by atoms with Crippen molar-refractivity contribution < 1.29 is 32.6 Å². The van der Waals surface area contributed by atoms with Gasteiger partial charge < -0.3 is 20.1 Å². The van der Waals surface area contributed by atoms with Crippen molar-refractivity contribution in [3.63, 3.8) is 0 Å². The highest BCUT2D eigenvalue weighted by Gasteiger charge is 2.45. The van der Waals surface area contributed by atoms with Crippen molar-refractivity contribution in [2.75, 3.05) is 33.9 Å². The summed E-state index contributed by atoms with van der Waals surface area (Å²) in [6.45, 7) is 0.972. The lowest BCUT2D eigenvalue weighted by Gasteiger charge is -2.47. The summed E-state index contributed by atoms with van der Waals surface area (Å²) in [4.78, 5) is 42.7. The average Bonchev–Trinajstić information content (AvgIpc) is 2.99. The number of esters is 1.